The van der Waals surface area contributed by atoms with Crippen LogP contribution in [0, 0.1) is 0 Å². The molecule has 0 unspecified atom stereocenters. The van der Waals surface area contributed by atoms with Crippen LogP contribution in [-0.4, -0.2) is 27.2 Å². The van der Waals surface area contributed by atoms with E-state index in [4.69, 9.17) is 9.47 Å². The molecular weight excluding hydrogens is 264 g/mol. The fraction of sp³-hybridized carbons (Fsp3) is 0.308. The van der Waals surface area contributed by atoms with E-state index in [-0.39, 0.29) is 6.79 Å². The predicted molar refractivity (Wildman–Crippen MR) is 71.5 cm³/mol. The van der Waals surface area contributed by atoms with Crippen molar-refractivity contribution in [2.45, 2.75) is 11.3 Å². The first kappa shape index (κ1) is 12.4. The van der Waals surface area contributed by atoms with E-state index >= 15 is 0 Å². The molecule has 0 spiro atoms. The van der Waals surface area contributed by atoms with E-state index in [1.165, 1.54) is 11.8 Å². The zero-order chi connectivity index (χ0) is 13.2. The molecule has 0 saturated carbocycles. The van der Waals surface area contributed by atoms with Crippen LogP contribution in [-0.2, 0) is 7.05 Å². The molecule has 1 aliphatic heterocycles. The third-order valence-electron chi connectivity index (χ3n) is 2.93. The van der Waals surface area contributed by atoms with E-state index in [9.17, 15) is 5.11 Å². The third-order valence-corrected chi connectivity index (χ3v) is 4.06. The maximum Gasteiger partial charge on any atom is 0.231 e. The molecule has 2 heterocycles. The summed E-state index contributed by atoms with van der Waals surface area (Å²) in [6.07, 6.45) is 3.07. The number of thioether (sulfide) groups is 1. The summed E-state index contributed by atoms with van der Waals surface area (Å²) in [6, 6.07) is 5.51. The first-order valence-electron chi connectivity index (χ1n) is 5.92. The highest BCUT2D eigenvalue weighted by Gasteiger charge is 2.17. The van der Waals surface area contributed by atoms with Gasteiger partial charge in [-0.05, 0) is 17.7 Å². The Morgan fingerprint density at radius 3 is 3.05 bits per heavy atom. The molecule has 1 aromatic heterocycles. The quantitative estimate of drug-likeness (QED) is 0.867. The fourth-order valence-corrected chi connectivity index (χ4v) is 2.76. The van der Waals surface area contributed by atoms with Gasteiger partial charge in [0, 0.05) is 25.2 Å². The van der Waals surface area contributed by atoms with E-state index in [0.29, 0.717) is 11.5 Å². The molecule has 0 aliphatic carbocycles. The second kappa shape index (κ2) is 5.14. The van der Waals surface area contributed by atoms with Crippen LogP contribution in [0.2, 0.25) is 0 Å². The Morgan fingerprint density at radius 2 is 2.26 bits per heavy atom. The minimum Gasteiger partial charge on any atom is -0.454 e. The Morgan fingerprint density at radius 1 is 1.42 bits per heavy atom. The summed E-state index contributed by atoms with van der Waals surface area (Å²) >= 11 is 1.52. The lowest BCUT2D eigenvalue weighted by atomic mass is 10.1. The van der Waals surface area contributed by atoms with E-state index < -0.39 is 6.10 Å². The SMILES string of the molecule is Cn1ccnc1SC[C@@H](O)c1ccc2c(c1)OCO2. The number of aromatic nitrogens is 2. The highest BCUT2D eigenvalue weighted by Crippen LogP contribution is 2.35. The number of ether oxygens (including phenoxy) is 2. The van der Waals surface area contributed by atoms with Gasteiger partial charge >= 0.3 is 0 Å². The lowest BCUT2D eigenvalue weighted by Crippen LogP contribution is -2.02. The topological polar surface area (TPSA) is 56.5 Å². The molecule has 3 rings (SSSR count). The number of imidazole rings is 1. The number of nitrogens with zero attached hydrogens (tertiary/aromatic N) is 2. The van der Waals surface area contributed by atoms with Gasteiger partial charge in [0.1, 0.15) is 0 Å². The van der Waals surface area contributed by atoms with Gasteiger partial charge in [0.15, 0.2) is 16.7 Å². The number of benzene rings is 1. The van der Waals surface area contributed by atoms with Crippen LogP contribution >= 0.6 is 11.8 Å². The summed E-state index contributed by atoms with van der Waals surface area (Å²) in [4.78, 5) is 4.21. The van der Waals surface area contributed by atoms with Gasteiger partial charge < -0.3 is 19.1 Å². The Bertz CT molecular complexity index is 585. The average Bonchev–Trinajstić information content (AvgIpc) is 3.03. The van der Waals surface area contributed by atoms with Crippen LogP contribution in [0.25, 0.3) is 0 Å². The van der Waals surface area contributed by atoms with E-state index in [1.54, 1.807) is 6.20 Å². The monoisotopic (exact) mass is 278 g/mol. The zero-order valence-corrected chi connectivity index (χ0v) is 11.3. The van der Waals surface area contributed by atoms with Crippen LogP contribution in [0.5, 0.6) is 11.5 Å². The largest absolute Gasteiger partial charge is 0.454 e. The zero-order valence-electron chi connectivity index (χ0n) is 10.4. The van der Waals surface area contributed by atoms with Crippen molar-refractivity contribution < 1.29 is 14.6 Å². The molecule has 6 heteroatoms. The van der Waals surface area contributed by atoms with Crippen molar-refractivity contribution in [3.8, 4) is 11.5 Å². The van der Waals surface area contributed by atoms with Crippen LogP contribution in [0.3, 0.4) is 0 Å². The van der Waals surface area contributed by atoms with Crippen molar-refractivity contribution in [1.29, 1.82) is 0 Å². The number of fused-ring (bicyclic) bond motifs is 1. The minimum atomic E-state index is -0.559. The molecule has 1 aliphatic rings. The summed E-state index contributed by atoms with van der Waals surface area (Å²) in [6.45, 7) is 0.247. The van der Waals surface area contributed by atoms with Crippen molar-refractivity contribution in [1.82, 2.24) is 9.55 Å². The van der Waals surface area contributed by atoms with Gasteiger partial charge in [-0.3, -0.25) is 0 Å². The second-order valence-electron chi connectivity index (χ2n) is 4.26. The molecule has 1 N–H and O–H groups in total. The van der Waals surface area contributed by atoms with Gasteiger partial charge in [0.25, 0.3) is 0 Å². The summed E-state index contributed by atoms with van der Waals surface area (Å²) in [5, 5.41) is 11.1. The van der Waals surface area contributed by atoms with Gasteiger partial charge in [-0.25, -0.2) is 4.98 Å². The van der Waals surface area contributed by atoms with Gasteiger partial charge in [-0.1, -0.05) is 17.8 Å². The smallest absolute Gasteiger partial charge is 0.231 e. The molecule has 0 bridgehead atoms. The Hall–Kier alpha value is -1.66. The molecule has 5 nitrogen and oxygen atoms in total. The van der Waals surface area contributed by atoms with Gasteiger partial charge in [-0.15, -0.1) is 0 Å². The highest BCUT2D eigenvalue weighted by atomic mass is 32.2. The summed E-state index contributed by atoms with van der Waals surface area (Å²) < 4.78 is 12.5. The molecule has 0 fully saturated rings. The third kappa shape index (κ3) is 2.54. The summed E-state index contributed by atoms with van der Waals surface area (Å²) in [5.41, 5.74) is 0.825. The molecule has 0 amide bonds. The van der Waals surface area contributed by atoms with Crippen LogP contribution < -0.4 is 9.47 Å². The Kier molecular flexibility index (Phi) is 3.35. The molecule has 2 aromatic rings. The maximum atomic E-state index is 10.2. The molecule has 19 heavy (non-hydrogen) atoms. The lowest BCUT2D eigenvalue weighted by Gasteiger charge is -2.11. The first-order chi connectivity index (χ1) is 9.24. The van der Waals surface area contributed by atoms with Crippen molar-refractivity contribution in [2.24, 2.45) is 7.05 Å². The van der Waals surface area contributed by atoms with Crippen molar-refractivity contribution in [3.05, 3.63) is 36.2 Å². The van der Waals surface area contributed by atoms with Crippen molar-refractivity contribution in [2.75, 3.05) is 12.5 Å². The Labute approximate surface area is 115 Å². The number of aryl methyl sites for hydroxylation is 1. The molecule has 0 radical (unpaired) electrons. The van der Waals surface area contributed by atoms with Crippen LogP contribution in [0.1, 0.15) is 11.7 Å². The fourth-order valence-electron chi connectivity index (χ4n) is 1.86. The van der Waals surface area contributed by atoms with E-state index in [2.05, 4.69) is 4.98 Å². The average molecular weight is 278 g/mol. The molecule has 1 aromatic carbocycles. The second-order valence-corrected chi connectivity index (χ2v) is 5.25. The molecular formula is C13H14N2O3S. The number of rotatable bonds is 4. The summed E-state index contributed by atoms with van der Waals surface area (Å²) in [7, 11) is 1.93. The standard InChI is InChI=1S/C13H14N2O3S/c1-15-5-4-14-13(15)19-7-10(16)9-2-3-11-12(6-9)18-8-17-11/h2-6,10,16H,7-8H2,1H3/t10-/m1/s1. The molecule has 100 valence electrons. The van der Waals surface area contributed by atoms with Gasteiger partial charge in [0.2, 0.25) is 6.79 Å². The molecule has 0 saturated heterocycles. The Balaban J connectivity index is 1.67. The van der Waals surface area contributed by atoms with Crippen molar-refractivity contribution in [3.63, 3.8) is 0 Å². The first-order valence-corrected chi connectivity index (χ1v) is 6.90. The number of hydrogen-bond donors (Lipinski definition) is 1. The highest BCUT2D eigenvalue weighted by molar-refractivity contribution is 7.99. The lowest BCUT2D eigenvalue weighted by molar-refractivity contribution is 0.173. The van der Waals surface area contributed by atoms with E-state index in [1.807, 2.05) is 36.0 Å². The van der Waals surface area contributed by atoms with Crippen molar-refractivity contribution >= 4 is 11.8 Å². The minimum absolute atomic E-state index is 0.247. The summed E-state index contributed by atoms with van der Waals surface area (Å²) in [5.74, 6) is 1.97. The normalized spacial score (nSPS) is 14.6. The van der Waals surface area contributed by atoms with E-state index in [0.717, 1.165) is 16.5 Å². The maximum absolute atomic E-state index is 10.2. The number of aliphatic hydroxyl groups excluding tert-OH is 1. The predicted octanol–water partition coefficient (Wildman–Crippen LogP) is 1.97. The van der Waals surface area contributed by atoms with Crippen LogP contribution in [0.15, 0.2) is 35.7 Å². The number of hydrogen-bond acceptors (Lipinski definition) is 5. The van der Waals surface area contributed by atoms with Crippen LogP contribution in [0.4, 0.5) is 0 Å². The molecule has 1 atom stereocenters. The van der Waals surface area contributed by atoms with Gasteiger partial charge in [-0.2, -0.15) is 0 Å². The van der Waals surface area contributed by atoms with Gasteiger partial charge in [0.05, 0.1) is 6.10 Å². The number of aliphatic hydroxyl groups is 1.